The lowest BCUT2D eigenvalue weighted by Crippen LogP contribution is -2.48. The molecule has 0 aliphatic carbocycles. The standard InChI is InChI=1S/C26H28N6O2S/c1-19-4-7-21(8-5-19)25(26-27-28-29-32(26)17-22-3-2-14-35-22)31-12-10-30(11-13-31)16-20-6-9-23-24(15-20)34-18-33-23/h2-9,14-15,25H,10-13,16-18H2,1H3/t25-/m0/s1. The zero-order valence-electron chi connectivity index (χ0n) is 19.7. The number of hydrogen-bond donors (Lipinski definition) is 0. The Morgan fingerprint density at radius 2 is 1.77 bits per heavy atom. The van der Waals surface area contributed by atoms with E-state index in [0.717, 1.165) is 50.0 Å². The molecule has 2 aliphatic rings. The number of rotatable bonds is 7. The molecule has 1 fully saturated rings. The first-order valence-corrected chi connectivity index (χ1v) is 12.8. The van der Waals surface area contributed by atoms with Crippen LogP contribution in [0.3, 0.4) is 0 Å². The van der Waals surface area contributed by atoms with E-state index in [1.54, 1.807) is 11.3 Å². The number of thiophene rings is 1. The van der Waals surface area contributed by atoms with E-state index in [9.17, 15) is 0 Å². The second kappa shape index (κ2) is 9.77. The average Bonchev–Trinajstić information content (AvgIpc) is 3.65. The minimum absolute atomic E-state index is 0.0123. The zero-order valence-corrected chi connectivity index (χ0v) is 20.5. The second-order valence-electron chi connectivity index (χ2n) is 9.09. The summed E-state index contributed by atoms with van der Waals surface area (Å²) in [5.74, 6) is 2.57. The molecule has 9 heteroatoms. The van der Waals surface area contributed by atoms with E-state index in [4.69, 9.17) is 9.47 Å². The van der Waals surface area contributed by atoms with Gasteiger partial charge < -0.3 is 9.47 Å². The van der Waals surface area contributed by atoms with Crippen molar-refractivity contribution in [2.75, 3.05) is 33.0 Å². The van der Waals surface area contributed by atoms with Gasteiger partial charge in [0, 0.05) is 37.6 Å². The van der Waals surface area contributed by atoms with Crippen molar-refractivity contribution >= 4 is 11.3 Å². The Hall–Kier alpha value is -3.27. The van der Waals surface area contributed by atoms with Crippen LogP contribution in [0.25, 0.3) is 0 Å². The van der Waals surface area contributed by atoms with Crippen molar-refractivity contribution < 1.29 is 9.47 Å². The van der Waals surface area contributed by atoms with Gasteiger partial charge in [-0.1, -0.05) is 42.0 Å². The first kappa shape index (κ1) is 22.2. The van der Waals surface area contributed by atoms with E-state index >= 15 is 0 Å². The summed E-state index contributed by atoms with van der Waals surface area (Å²) in [5.41, 5.74) is 3.72. The third-order valence-electron chi connectivity index (χ3n) is 6.70. The second-order valence-corrected chi connectivity index (χ2v) is 10.1. The topological polar surface area (TPSA) is 68.5 Å². The van der Waals surface area contributed by atoms with Crippen molar-refractivity contribution in [2.24, 2.45) is 0 Å². The first-order chi connectivity index (χ1) is 17.2. The van der Waals surface area contributed by atoms with Crippen LogP contribution in [0.5, 0.6) is 11.5 Å². The fourth-order valence-electron chi connectivity index (χ4n) is 4.82. The highest BCUT2D eigenvalue weighted by Crippen LogP contribution is 2.33. The number of piperazine rings is 1. The quantitative estimate of drug-likeness (QED) is 0.393. The molecular formula is C26H28N6O2S. The largest absolute Gasteiger partial charge is 0.454 e. The SMILES string of the molecule is Cc1ccc([C@@H](c2nnnn2Cc2cccs2)N2CCN(Cc3ccc4c(c3)OCO4)CC2)cc1. The fourth-order valence-corrected chi connectivity index (χ4v) is 5.51. The van der Waals surface area contributed by atoms with E-state index in [-0.39, 0.29) is 6.04 Å². The summed E-state index contributed by atoms with van der Waals surface area (Å²) in [6, 6.07) is 19.2. The summed E-state index contributed by atoms with van der Waals surface area (Å²) in [5, 5.41) is 15.0. The molecule has 0 spiro atoms. The van der Waals surface area contributed by atoms with Crippen molar-refractivity contribution in [1.82, 2.24) is 30.0 Å². The molecule has 8 nitrogen and oxygen atoms in total. The molecule has 4 heterocycles. The van der Waals surface area contributed by atoms with Crippen LogP contribution >= 0.6 is 11.3 Å². The lowest BCUT2D eigenvalue weighted by Gasteiger charge is -2.39. The first-order valence-electron chi connectivity index (χ1n) is 11.9. The highest BCUT2D eigenvalue weighted by molar-refractivity contribution is 7.09. The number of aromatic nitrogens is 4. The summed E-state index contributed by atoms with van der Waals surface area (Å²) in [6.45, 7) is 7.84. The zero-order chi connectivity index (χ0) is 23.6. The highest BCUT2D eigenvalue weighted by Gasteiger charge is 2.31. The van der Waals surface area contributed by atoms with Crippen molar-refractivity contribution in [3.63, 3.8) is 0 Å². The van der Waals surface area contributed by atoms with Crippen LogP contribution in [0.2, 0.25) is 0 Å². The van der Waals surface area contributed by atoms with Gasteiger partial charge in [0.05, 0.1) is 12.6 Å². The number of fused-ring (bicyclic) bond motifs is 1. The number of nitrogens with zero attached hydrogens (tertiary/aromatic N) is 6. The normalized spacial score (nSPS) is 17.1. The Morgan fingerprint density at radius 3 is 2.57 bits per heavy atom. The van der Waals surface area contributed by atoms with Crippen LogP contribution in [-0.2, 0) is 13.1 Å². The van der Waals surface area contributed by atoms with Crippen LogP contribution in [0.15, 0.2) is 60.0 Å². The number of hydrogen-bond acceptors (Lipinski definition) is 8. The molecule has 1 atom stereocenters. The number of ether oxygens (including phenoxy) is 2. The van der Waals surface area contributed by atoms with Gasteiger partial charge in [-0.05, 0) is 52.1 Å². The van der Waals surface area contributed by atoms with Crippen LogP contribution in [0, 0.1) is 6.92 Å². The molecule has 2 aromatic carbocycles. The van der Waals surface area contributed by atoms with Crippen molar-refractivity contribution in [1.29, 1.82) is 0 Å². The number of tetrazole rings is 1. The average molecular weight is 489 g/mol. The van der Waals surface area contributed by atoms with Crippen molar-refractivity contribution in [3.8, 4) is 11.5 Å². The maximum atomic E-state index is 5.55. The molecule has 2 aromatic heterocycles. The highest BCUT2D eigenvalue weighted by atomic mass is 32.1. The molecule has 6 rings (SSSR count). The molecular weight excluding hydrogens is 460 g/mol. The third-order valence-corrected chi connectivity index (χ3v) is 7.56. The van der Waals surface area contributed by atoms with Crippen LogP contribution in [-0.4, -0.2) is 63.0 Å². The molecule has 0 unspecified atom stereocenters. The molecule has 0 radical (unpaired) electrons. The summed E-state index contributed by atoms with van der Waals surface area (Å²) >= 11 is 1.73. The predicted octanol–water partition coefficient (Wildman–Crippen LogP) is 3.73. The Kier molecular flexibility index (Phi) is 6.20. The van der Waals surface area contributed by atoms with E-state index in [0.29, 0.717) is 13.3 Å². The molecule has 1 saturated heterocycles. The lowest BCUT2D eigenvalue weighted by molar-refractivity contribution is 0.100. The van der Waals surface area contributed by atoms with E-state index in [1.165, 1.54) is 21.6 Å². The van der Waals surface area contributed by atoms with Gasteiger partial charge in [0.15, 0.2) is 17.3 Å². The van der Waals surface area contributed by atoms with Crippen LogP contribution < -0.4 is 9.47 Å². The van der Waals surface area contributed by atoms with E-state index < -0.39 is 0 Å². The molecule has 0 bridgehead atoms. The molecule has 4 aromatic rings. The number of benzene rings is 2. The molecule has 35 heavy (non-hydrogen) atoms. The molecule has 2 aliphatic heterocycles. The van der Waals surface area contributed by atoms with Crippen molar-refractivity contribution in [2.45, 2.75) is 26.1 Å². The molecule has 0 N–H and O–H groups in total. The summed E-state index contributed by atoms with van der Waals surface area (Å²) in [6.07, 6.45) is 0. The Balaban J connectivity index is 1.20. The molecule has 0 amide bonds. The maximum Gasteiger partial charge on any atom is 0.231 e. The van der Waals surface area contributed by atoms with Crippen LogP contribution in [0.1, 0.15) is 33.4 Å². The van der Waals surface area contributed by atoms with Gasteiger partial charge in [-0.15, -0.1) is 16.4 Å². The minimum Gasteiger partial charge on any atom is -0.454 e. The Labute approximate surface area is 208 Å². The maximum absolute atomic E-state index is 5.55. The van der Waals surface area contributed by atoms with E-state index in [1.807, 2.05) is 10.7 Å². The Morgan fingerprint density at radius 1 is 0.943 bits per heavy atom. The van der Waals surface area contributed by atoms with Gasteiger partial charge in [0.2, 0.25) is 6.79 Å². The summed E-state index contributed by atoms with van der Waals surface area (Å²) in [4.78, 5) is 6.25. The molecule has 0 saturated carbocycles. The lowest BCUT2D eigenvalue weighted by atomic mass is 10.0. The number of aryl methyl sites for hydroxylation is 1. The van der Waals surface area contributed by atoms with Gasteiger partial charge in [-0.2, -0.15) is 0 Å². The summed E-state index contributed by atoms with van der Waals surface area (Å²) < 4.78 is 13.0. The van der Waals surface area contributed by atoms with Crippen LogP contribution in [0.4, 0.5) is 0 Å². The minimum atomic E-state index is 0.0123. The van der Waals surface area contributed by atoms with Gasteiger partial charge in [-0.25, -0.2) is 4.68 Å². The smallest absolute Gasteiger partial charge is 0.231 e. The van der Waals surface area contributed by atoms with Gasteiger partial charge >= 0.3 is 0 Å². The van der Waals surface area contributed by atoms with E-state index in [2.05, 4.69) is 86.2 Å². The van der Waals surface area contributed by atoms with Gasteiger partial charge in [-0.3, -0.25) is 9.80 Å². The van der Waals surface area contributed by atoms with Gasteiger partial charge in [0.25, 0.3) is 0 Å². The fraction of sp³-hybridized carbons (Fsp3) is 0.346. The molecule has 180 valence electrons. The van der Waals surface area contributed by atoms with Crippen molar-refractivity contribution in [3.05, 3.63) is 87.4 Å². The monoisotopic (exact) mass is 488 g/mol. The third kappa shape index (κ3) is 4.80. The predicted molar refractivity (Wildman–Crippen MR) is 134 cm³/mol. The van der Waals surface area contributed by atoms with Gasteiger partial charge in [0.1, 0.15) is 0 Å². The Bertz CT molecular complexity index is 1270. The summed E-state index contributed by atoms with van der Waals surface area (Å²) in [7, 11) is 0.